The van der Waals surface area contributed by atoms with Gasteiger partial charge in [0.2, 0.25) is 0 Å². The van der Waals surface area contributed by atoms with Crippen molar-refractivity contribution in [2.45, 2.75) is 37.7 Å². The van der Waals surface area contributed by atoms with Gasteiger partial charge in [0.1, 0.15) is 11.6 Å². The van der Waals surface area contributed by atoms with Crippen LogP contribution >= 0.6 is 0 Å². The molecule has 0 spiro atoms. The molecule has 1 nitrogen and oxygen atoms in total. The molecule has 1 aliphatic carbocycles. The molecule has 1 aliphatic rings. The van der Waals surface area contributed by atoms with Gasteiger partial charge in [0.15, 0.2) is 0 Å². The molecule has 3 heteroatoms. The minimum Gasteiger partial charge on any atom is -0.388 e. The molecule has 1 N–H and O–H groups in total. The Balaban J connectivity index is 1.76. The number of benzene rings is 2. The van der Waals surface area contributed by atoms with E-state index in [0.29, 0.717) is 11.5 Å². The van der Waals surface area contributed by atoms with Crippen LogP contribution in [0.2, 0.25) is 0 Å². The molecule has 2 aromatic rings. The summed E-state index contributed by atoms with van der Waals surface area (Å²) in [5.41, 5.74) is 2.37. The van der Waals surface area contributed by atoms with Crippen molar-refractivity contribution >= 4 is 0 Å². The minimum absolute atomic E-state index is 0.153. The van der Waals surface area contributed by atoms with Gasteiger partial charge in [0.25, 0.3) is 0 Å². The predicted molar refractivity (Wildman–Crippen MR) is 78.1 cm³/mol. The first-order valence-corrected chi connectivity index (χ1v) is 7.35. The second kappa shape index (κ2) is 5.94. The summed E-state index contributed by atoms with van der Waals surface area (Å²) in [6.45, 7) is 0. The quantitative estimate of drug-likeness (QED) is 0.877. The summed E-state index contributed by atoms with van der Waals surface area (Å²) in [6.07, 6.45) is 3.04. The minimum atomic E-state index is -0.773. The van der Waals surface area contributed by atoms with Gasteiger partial charge in [-0.2, -0.15) is 0 Å². The summed E-state index contributed by atoms with van der Waals surface area (Å²) >= 11 is 0. The molecule has 2 aromatic carbocycles. The lowest BCUT2D eigenvalue weighted by Crippen LogP contribution is -2.10. The smallest absolute Gasteiger partial charge is 0.129 e. The maximum Gasteiger partial charge on any atom is 0.129 e. The molecular formula is C18H18F2O. The molecule has 110 valence electrons. The van der Waals surface area contributed by atoms with Crippen molar-refractivity contribution in [3.63, 3.8) is 0 Å². The van der Waals surface area contributed by atoms with Gasteiger partial charge in [-0.05, 0) is 41.5 Å². The predicted octanol–water partition coefficient (Wildman–Crippen LogP) is 4.51. The molecule has 1 atom stereocenters. The lowest BCUT2D eigenvalue weighted by molar-refractivity contribution is 0.177. The molecule has 1 fully saturated rings. The van der Waals surface area contributed by atoms with Crippen LogP contribution < -0.4 is 0 Å². The summed E-state index contributed by atoms with van der Waals surface area (Å²) < 4.78 is 26.5. The van der Waals surface area contributed by atoms with Gasteiger partial charge in [-0.1, -0.05) is 36.8 Å². The zero-order valence-electron chi connectivity index (χ0n) is 11.7. The van der Waals surface area contributed by atoms with Crippen molar-refractivity contribution in [2.24, 2.45) is 0 Å². The Bertz CT molecular complexity index is 635. The zero-order valence-corrected chi connectivity index (χ0v) is 11.7. The van der Waals surface area contributed by atoms with E-state index in [9.17, 15) is 13.9 Å². The summed E-state index contributed by atoms with van der Waals surface area (Å²) in [7, 11) is 0. The van der Waals surface area contributed by atoms with E-state index in [1.807, 2.05) is 18.2 Å². The molecular weight excluding hydrogens is 270 g/mol. The third-order valence-corrected chi connectivity index (χ3v) is 4.30. The van der Waals surface area contributed by atoms with Crippen LogP contribution in [0.25, 0.3) is 0 Å². The first-order valence-electron chi connectivity index (χ1n) is 7.35. The van der Waals surface area contributed by atoms with Crippen LogP contribution in [-0.4, -0.2) is 5.11 Å². The number of aliphatic hydroxyl groups excluding tert-OH is 1. The van der Waals surface area contributed by atoms with E-state index >= 15 is 0 Å². The van der Waals surface area contributed by atoms with Crippen molar-refractivity contribution in [1.29, 1.82) is 0 Å². The highest BCUT2D eigenvalue weighted by Gasteiger charge is 2.20. The van der Waals surface area contributed by atoms with E-state index in [2.05, 4.69) is 6.07 Å². The van der Waals surface area contributed by atoms with Crippen LogP contribution in [0.1, 0.15) is 48.0 Å². The van der Waals surface area contributed by atoms with E-state index in [1.54, 1.807) is 0 Å². The van der Waals surface area contributed by atoms with E-state index in [0.717, 1.165) is 11.6 Å². The van der Waals surface area contributed by atoms with Gasteiger partial charge in [-0.3, -0.25) is 0 Å². The zero-order chi connectivity index (χ0) is 14.8. The second-order valence-electron chi connectivity index (χ2n) is 5.75. The highest BCUT2D eigenvalue weighted by atomic mass is 19.1. The van der Waals surface area contributed by atoms with Gasteiger partial charge in [0, 0.05) is 12.5 Å². The molecule has 3 rings (SSSR count). The normalized spacial score (nSPS) is 16.5. The van der Waals surface area contributed by atoms with Crippen molar-refractivity contribution in [3.8, 4) is 0 Å². The number of rotatable bonds is 4. The Hall–Kier alpha value is -1.74. The Morgan fingerprint density at radius 1 is 1.10 bits per heavy atom. The monoisotopic (exact) mass is 288 g/mol. The first kappa shape index (κ1) is 14.2. The van der Waals surface area contributed by atoms with Gasteiger partial charge in [-0.25, -0.2) is 8.78 Å². The maximum atomic E-state index is 13.6. The highest BCUT2D eigenvalue weighted by molar-refractivity contribution is 5.30. The molecule has 0 heterocycles. The van der Waals surface area contributed by atoms with E-state index in [4.69, 9.17) is 0 Å². The van der Waals surface area contributed by atoms with Crippen molar-refractivity contribution in [1.82, 2.24) is 0 Å². The van der Waals surface area contributed by atoms with Gasteiger partial charge in [-0.15, -0.1) is 0 Å². The van der Waals surface area contributed by atoms with Crippen LogP contribution in [0.4, 0.5) is 8.78 Å². The largest absolute Gasteiger partial charge is 0.388 e. The Morgan fingerprint density at radius 3 is 2.57 bits per heavy atom. The van der Waals surface area contributed by atoms with Crippen molar-refractivity contribution < 1.29 is 13.9 Å². The molecule has 0 radical (unpaired) electrons. The molecule has 0 saturated heterocycles. The highest BCUT2D eigenvalue weighted by Crippen LogP contribution is 2.37. The third kappa shape index (κ3) is 3.13. The first-order chi connectivity index (χ1) is 10.1. The lowest BCUT2D eigenvalue weighted by atomic mass is 9.79. The Kier molecular flexibility index (Phi) is 4.02. The molecule has 21 heavy (non-hydrogen) atoms. The fraction of sp³-hybridized carbons (Fsp3) is 0.333. The molecule has 0 bridgehead atoms. The lowest BCUT2D eigenvalue weighted by Gasteiger charge is -2.26. The summed E-state index contributed by atoms with van der Waals surface area (Å²) in [5.74, 6) is -0.610. The Morgan fingerprint density at radius 2 is 1.90 bits per heavy atom. The number of aliphatic hydroxyl groups is 1. The standard InChI is InChI=1S/C18H18F2O/c19-16-8-7-14(17(20)11-16)10-18(21)15-6-2-5-13(9-15)12-3-1-4-12/h2,5-9,11-12,18,21H,1,3-4,10H2. The fourth-order valence-electron chi connectivity index (χ4n) is 2.78. The number of hydrogen-bond acceptors (Lipinski definition) is 1. The van der Waals surface area contributed by atoms with Crippen molar-refractivity contribution in [2.75, 3.05) is 0 Å². The number of halogens is 2. The molecule has 1 unspecified atom stereocenters. The van der Waals surface area contributed by atoms with E-state index < -0.39 is 17.7 Å². The molecule has 1 saturated carbocycles. The van der Waals surface area contributed by atoms with E-state index in [-0.39, 0.29) is 6.42 Å². The summed E-state index contributed by atoms with van der Waals surface area (Å²) in [4.78, 5) is 0. The SMILES string of the molecule is OC(Cc1ccc(F)cc1F)c1cccc(C2CCC2)c1. The van der Waals surface area contributed by atoms with Crippen molar-refractivity contribution in [3.05, 3.63) is 70.8 Å². The van der Waals surface area contributed by atoms with Gasteiger partial charge in [0.05, 0.1) is 6.10 Å². The van der Waals surface area contributed by atoms with Crippen LogP contribution in [0.15, 0.2) is 42.5 Å². The van der Waals surface area contributed by atoms with E-state index in [1.165, 1.54) is 37.0 Å². The maximum absolute atomic E-state index is 13.6. The topological polar surface area (TPSA) is 20.2 Å². The molecule has 0 aliphatic heterocycles. The van der Waals surface area contributed by atoms with Gasteiger partial charge >= 0.3 is 0 Å². The van der Waals surface area contributed by atoms with Gasteiger partial charge < -0.3 is 5.11 Å². The average Bonchev–Trinajstić information content (AvgIpc) is 2.40. The van der Waals surface area contributed by atoms with Crippen LogP contribution in [0, 0.1) is 11.6 Å². The van der Waals surface area contributed by atoms with Crippen LogP contribution in [0.3, 0.4) is 0 Å². The molecule has 0 aromatic heterocycles. The average molecular weight is 288 g/mol. The fourth-order valence-corrected chi connectivity index (χ4v) is 2.78. The number of hydrogen-bond donors (Lipinski definition) is 1. The van der Waals surface area contributed by atoms with Crippen LogP contribution in [0.5, 0.6) is 0 Å². The third-order valence-electron chi connectivity index (χ3n) is 4.30. The van der Waals surface area contributed by atoms with Crippen LogP contribution in [-0.2, 0) is 6.42 Å². The molecule has 0 amide bonds. The second-order valence-corrected chi connectivity index (χ2v) is 5.75. The summed E-state index contributed by atoms with van der Waals surface area (Å²) in [5, 5.41) is 10.3. The Labute approximate surface area is 123 Å². The summed E-state index contributed by atoms with van der Waals surface area (Å²) in [6, 6.07) is 11.3.